The average Bonchev–Trinajstić information content (AvgIpc) is 2.60. The number of benzene rings is 2. The summed E-state index contributed by atoms with van der Waals surface area (Å²) in [5.41, 5.74) is 1.20. The molecule has 26 heavy (non-hydrogen) atoms. The molecule has 1 N–H and O–H groups in total. The molecular formula is C20H23ClN2O2S. The number of piperazine rings is 1. The molecule has 4 nitrogen and oxygen atoms in total. The summed E-state index contributed by atoms with van der Waals surface area (Å²) in [6.45, 7) is 5.90. The van der Waals surface area contributed by atoms with Crippen molar-refractivity contribution in [1.82, 2.24) is 4.90 Å². The Bertz CT molecular complexity index is 769. The molecule has 2 aromatic rings. The van der Waals surface area contributed by atoms with Crippen LogP contribution in [-0.4, -0.2) is 47.7 Å². The SMILES string of the molecule is C[C@@H]1CN(CC(=O)O)[C@@H](C)CN1c1ccccc1Sc1ccc(Cl)cc1. The van der Waals surface area contributed by atoms with Crippen LogP contribution in [0.5, 0.6) is 0 Å². The summed E-state index contributed by atoms with van der Waals surface area (Å²) in [4.78, 5) is 17.9. The van der Waals surface area contributed by atoms with E-state index in [1.807, 2.05) is 29.2 Å². The molecule has 1 aliphatic heterocycles. The van der Waals surface area contributed by atoms with Crippen molar-refractivity contribution in [2.45, 2.75) is 35.7 Å². The van der Waals surface area contributed by atoms with Gasteiger partial charge in [0.25, 0.3) is 0 Å². The highest BCUT2D eigenvalue weighted by Crippen LogP contribution is 2.37. The van der Waals surface area contributed by atoms with Crippen molar-refractivity contribution in [3.05, 3.63) is 53.6 Å². The van der Waals surface area contributed by atoms with Gasteiger partial charge >= 0.3 is 5.97 Å². The molecule has 0 aromatic heterocycles. The molecule has 138 valence electrons. The van der Waals surface area contributed by atoms with Gasteiger partial charge in [0.2, 0.25) is 0 Å². The summed E-state index contributed by atoms with van der Waals surface area (Å²) < 4.78 is 0. The van der Waals surface area contributed by atoms with Gasteiger partial charge < -0.3 is 10.0 Å². The Balaban J connectivity index is 1.81. The fourth-order valence-electron chi connectivity index (χ4n) is 3.34. The summed E-state index contributed by atoms with van der Waals surface area (Å²) >= 11 is 7.71. The molecule has 0 saturated carbocycles. The minimum Gasteiger partial charge on any atom is -0.480 e. The lowest BCUT2D eigenvalue weighted by Crippen LogP contribution is -2.57. The van der Waals surface area contributed by atoms with Gasteiger partial charge in [0.05, 0.1) is 12.2 Å². The number of rotatable bonds is 5. The molecule has 1 saturated heterocycles. The quantitative estimate of drug-likeness (QED) is 0.815. The smallest absolute Gasteiger partial charge is 0.317 e. The standard InChI is InChI=1S/C20H23ClN2O2S/c1-14-12-23(15(2)11-22(14)13-20(24)25)18-5-3-4-6-19(18)26-17-9-7-16(21)8-10-17/h3-10,14-15H,11-13H2,1-2H3,(H,24,25)/t14-,15+/m0/s1. The van der Waals surface area contributed by atoms with Gasteiger partial charge in [0.15, 0.2) is 0 Å². The lowest BCUT2D eigenvalue weighted by molar-refractivity contribution is -0.139. The normalized spacial score (nSPS) is 21.0. The van der Waals surface area contributed by atoms with Crippen molar-refractivity contribution in [1.29, 1.82) is 0 Å². The molecule has 2 atom stereocenters. The predicted molar refractivity (Wildman–Crippen MR) is 107 cm³/mol. The van der Waals surface area contributed by atoms with E-state index in [1.165, 1.54) is 10.6 Å². The lowest BCUT2D eigenvalue weighted by atomic mass is 10.1. The molecule has 0 unspecified atom stereocenters. The van der Waals surface area contributed by atoms with E-state index in [1.54, 1.807) is 11.8 Å². The van der Waals surface area contributed by atoms with E-state index in [4.69, 9.17) is 16.7 Å². The van der Waals surface area contributed by atoms with Crippen LogP contribution in [0.4, 0.5) is 5.69 Å². The predicted octanol–water partition coefficient (Wildman–Crippen LogP) is 4.47. The second-order valence-corrected chi connectivity index (χ2v) is 8.25. The number of hydrogen-bond acceptors (Lipinski definition) is 4. The molecule has 0 bridgehead atoms. The Morgan fingerprint density at radius 1 is 1.12 bits per heavy atom. The van der Waals surface area contributed by atoms with Gasteiger partial charge in [-0.3, -0.25) is 9.69 Å². The molecule has 0 amide bonds. The minimum atomic E-state index is -0.767. The molecule has 1 aliphatic rings. The van der Waals surface area contributed by atoms with E-state index in [0.29, 0.717) is 0 Å². The maximum atomic E-state index is 11.1. The van der Waals surface area contributed by atoms with Crippen LogP contribution >= 0.6 is 23.4 Å². The van der Waals surface area contributed by atoms with Crippen molar-refractivity contribution in [2.24, 2.45) is 0 Å². The summed E-state index contributed by atoms with van der Waals surface area (Å²) in [6.07, 6.45) is 0. The van der Waals surface area contributed by atoms with Crippen molar-refractivity contribution in [3.63, 3.8) is 0 Å². The van der Waals surface area contributed by atoms with Gasteiger partial charge in [0.1, 0.15) is 0 Å². The first-order valence-corrected chi connectivity index (χ1v) is 9.88. The third-order valence-electron chi connectivity index (χ3n) is 4.67. The van der Waals surface area contributed by atoms with E-state index in [9.17, 15) is 4.79 Å². The van der Waals surface area contributed by atoms with Crippen LogP contribution in [0.25, 0.3) is 0 Å². The Morgan fingerprint density at radius 3 is 2.50 bits per heavy atom. The second kappa shape index (κ2) is 8.33. The molecular weight excluding hydrogens is 368 g/mol. The Kier molecular flexibility index (Phi) is 6.12. The van der Waals surface area contributed by atoms with E-state index in [2.05, 4.69) is 43.0 Å². The number of hydrogen-bond donors (Lipinski definition) is 1. The first-order chi connectivity index (χ1) is 12.4. The van der Waals surface area contributed by atoms with E-state index in [-0.39, 0.29) is 18.6 Å². The van der Waals surface area contributed by atoms with Gasteiger partial charge in [-0.05, 0) is 50.2 Å². The average molecular weight is 391 g/mol. The third kappa shape index (κ3) is 4.53. The number of aliphatic carboxylic acids is 1. The summed E-state index contributed by atoms with van der Waals surface area (Å²) in [6, 6.07) is 16.7. The summed E-state index contributed by atoms with van der Waals surface area (Å²) in [7, 11) is 0. The van der Waals surface area contributed by atoms with Crippen LogP contribution < -0.4 is 4.90 Å². The molecule has 1 heterocycles. The molecule has 1 fully saturated rings. The molecule has 0 spiro atoms. The number of anilines is 1. The van der Waals surface area contributed by atoms with Crippen molar-refractivity contribution in [3.8, 4) is 0 Å². The number of halogens is 1. The van der Waals surface area contributed by atoms with Crippen molar-refractivity contribution >= 4 is 35.0 Å². The van der Waals surface area contributed by atoms with Crippen LogP contribution in [0.1, 0.15) is 13.8 Å². The summed E-state index contributed by atoms with van der Waals surface area (Å²) in [5, 5.41) is 9.85. The Hall–Kier alpha value is -1.69. The molecule has 0 radical (unpaired) electrons. The lowest BCUT2D eigenvalue weighted by Gasteiger charge is -2.45. The van der Waals surface area contributed by atoms with Crippen LogP contribution in [0, 0.1) is 0 Å². The molecule has 3 rings (SSSR count). The zero-order valence-corrected chi connectivity index (χ0v) is 16.5. The van der Waals surface area contributed by atoms with Crippen LogP contribution in [0.15, 0.2) is 58.3 Å². The Labute approximate surface area is 163 Å². The summed E-state index contributed by atoms with van der Waals surface area (Å²) in [5.74, 6) is -0.767. The molecule has 0 aliphatic carbocycles. The van der Waals surface area contributed by atoms with Crippen LogP contribution in [0.2, 0.25) is 5.02 Å². The number of carboxylic acids is 1. The van der Waals surface area contributed by atoms with E-state index < -0.39 is 5.97 Å². The highest BCUT2D eigenvalue weighted by Gasteiger charge is 2.31. The first-order valence-electron chi connectivity index (χ1n) is 8.69. The maximum Gasteiger partial charge on any atom is 0.317 e. The van der Waals surface area contributed by atoms with Crippen LogP contribution in [0.3, 0.4) is 0 Å². The van der Waals surface area contributed by atoms with Gasteiger partial charge in [-0.2, -0.15) is 0 Å². The topological polar surface area (TPSA) is 43.8 Å². The highest BCUT2D eigenvalue weighted by atomic mass is 35.5. The fourth-order valence-corrected chi connectivity index (χ4v) is 4.43. The monoisotopic (exact) mass is 390 g/mol. The van der Waals surface area contributed by atoms with Gasteiger partial charge in [-0.25, -0.2) is 0 Å². The van der Waals surface area contributed by atoms with Crippen molar-refractivity contribution < 1.29 is 9.90 Å². The first kappa shape index (κ1) is 19.1. The molecule has 6 heteroatoms. The Morgan fingerprint density at radius 2 is 1.81 bits per heavy atom. The minimum absolute atomic E-state index is 0.0977. The number of nitrogens with zero attached hydrogens (tertiary/aromatic N) is 2. The zero-order valence-electron chi connectivity index (χ0n) is 14.9. The molecule has 2 aromatic carbocycles. The highest BCUT2D eigenvalue weighted by molar-refractivity contribution is 7.99. The second-order valence-electron chi connectivity index (χ2n) is 6.70. The fraction of sp³-hybridized carbons (Fsp3) is 0.350. The zero-order chi connectivity index (χ0) is 18.7. The third-order valence-corrected chi connectivity index (χ3v) is 5.99. The van der Waals surface area contributed by atoms with E-state index in [0.717, 1.165) is 23.0 Å². The van der Waals surface area contributed by atoms with Crippen molar-refractivity contribution in [2.75, 3.05) is 24.5 Å². The number of carboxylic acid groups (broad SMARTS) is 1. The number of para-hydroxylation sites is 1. The maximum absolute atomic E-state index is 11.1. The largest absolute Gasteiger partial charge is 0.480 e. The van der Waals surface area contributed by atoms with Gasteiger partial charge in [0, 0.05) is 40.0 Å². The van der Waals surface area contributed by atoms with Crippen LogP contribution in [-0.2, 0) is 4.79 Å². The number of carbonyl (C=O) groups is 1. The van der Waals surface area contributed by atoms with Gasteiger partial charge in [-0.1, -0.05) is 35.5 Å². The van der Waals surface area contributed by atoms with Gasteiger partial charge in [-0.15, -0.1) is 0 Å². The van der Waals surface area contributed by atoms with E-state index >= 15 is 0 Å².